The molecule has 0 spiro atoms. The van der Waals surface area contributed by atoms with Gasteiger partial charge < -0.3 is 22.1 Å². The number of rotatable bonds is 6. The van der Waals surface area contributed by atoms with Crippen LogP contribution in [0.4, 0.5) is 34.5 Å². The molecule has 7 aromatic carbocycles. The highest BCUT2D eigenvalue weighted by molar-refractivity contribution is 6.08. The summed E-state index contributed by atoms with van der Waals surface area (Å²) in [5.74, 6) is 1.31. The van der Waals surface area contributed by atoms with Crippen molar-refractivity contribution >= 4 is 122 Å². The Kier molecular flexibility index (Phi) is 6.56. The average Bonchev–Trinajstić information content (AvgIpc) is 4.10. The molecule has 0 atom stereocenters. The molecule has 8 heteroatoms. The first-order chi connectivity index (χ1) is 29.2. The third-order valence-electron chi connectivity index (χ3n) is 11.3. The van der Waals surface area contributed by atoms with Gasteiger partial charge in [0.05, 0.1) is 28.9 Å². The molecule has 8 nitrogen and oxygen atoms in total. The standard InChI is InChI=1S/C51H29N3O5/c1-5-13-41-30(9-1)23-49(58-41)53(32-17-20-38-36-11-3-7-15-43(36)55-45(38)25-32)33-19-22-40-47(27-33)57-48-28-35(29-52-51(40)48)54(50-24-31-10-2-6-14-42(31)59-50)34-18-21-39-37-12-4-8-16-44(37)56-46(39)26-34/h1-29H. The highest BCUT2D eigenvalue weighted by atomic mass is 16.4. The van der Waals surface area contributed by atoms with Gasteiger partial charge in [-0.05, 0) is 60.7 Å². The van der Waals surface area contributed by atoms with E-state index in [0.29, 0.717) is 22.9 Å². The number of nitrogens with zero attached hydrogens (tertiary/aromatic N) is 3. The zero-order chi connectivity index (χ0) is 38.6. The molecule has 13 aromatic rings. The van der Waals surface area contributed by atoms with E-state index >= 15 is 0 Å². The van der Waals surface area contributed by atoms with E-state index in [1.165, 1.54) is 0 Å². The summed E-state index contributed by atoms with van der Waals surface area (Å²) in [6.07, 6.45) is 1.87. The summed E-state index contributed by atoms with van der Waals surface area (Å²) in [7, 11) is 0. The maximum absolute atomic E-state index is 6.70. The van der Waals surface area contributed by atoms with E-state index in [9.17, 15) is 0 Å². The lowest BCUT2D eigenvalue weighted by Crippen LogP contribution is -2.09. The summed E-state index contributed by atoms with van der Waals surface area (Å²) >= 11 is 0. The molecule has 6 aromatic heterocycles. The quantitative estimate of drug-likeness (QED) is 0.165. The minimum absolute atomic E-state index is 0.638. The largest absolute Gasteiger partial charge is 0.456 e. The number of aromatic nitrogens is 1. The van der Waals surface area contributed by atoms with Gasteiger partial charge in [-0.2, -0.15) is 0 Å². The molecule has 0 amide bonds. The Balaban J connectivity index is 0.959. The van der Waals surface area contributed by atoms with Crippen LogP contribution in [0.25, 0.3) is 87.9 Å². The molecule has 0 bridgehead atoms. The molecule has 0 aliphatic heterocycles. The molecule has 0 aliphatic carbocycles. The summed E-state index contributed by atoms with van der Waals surface area (Å²) in [4.78, 5) is 9.17. The predicted octanol–water partition coefficient (Wildman–Crippen LogP) is 15.2. The number of pyridine rings is 1. The zero-order valence-electron chi connectivity index (χ0n) is 31.1. The van der Waals surface area contributed by atoms with Gasteiger partial charge >= 0.3 is 0 Å². The Hall–Kier alpha value is -8.23. The number of hydrogen-bond donors (Lipinski definition) is 0. The van der Waals surface area contributed by atoms with Crippen LogP contribution in [0.2, 0.25) is 0 Å². The first kappa shape index (κ1) is 31.9. The average molecular weight is 764 g/mol. The fourth-order valence-electron chi connectivity index (χ4n) is 8.56. The van der Waals surface area contributed by atoms with Crippen molar-refractivity contribution in [3.63, 3.8) is 0 Å². The highest BCUT2D eigenvalue weighted by Gasteiger charge is 2.23. The van der Waals surface area contributed by atoms with Crippen molar-refractivity contribution in [2.75, 3.05) is 9.80 Å². The van der Waals surface area contributed by atoms with Crippen LogP contribution in [0, 0.1) is 0 Å². The molecule has 0 radical (unpaired) electrons. The lowest BCUT2D eigenvalue weighted by atomic mass is 10.1. The van der Waals surface area contributed by atoms with E-state index < -0.39 is 0 Å². The second kappa shape index (κ2) is 12.1. The van der Waals surface area contributed by atoms with Crippen molar-refractivity contribution in [1.29, 1.82) is 0 Å². The number of anilines is 6. The van der Waals surface area contributed by atoms with Gasteiger partial charge in [-0.15, -0.1) is 0 Å². The van der Waals surface area contributed by atoms with Crippen LogP contribution < -0.4 is 9.80 Å². The zero-order valence-corrected chi connectivity index (χ0v) is 31.1. The minimum atomic E-state index is 0.638. The van der Waals surface area contributed by atoms with E-state index in [2.05, 4.69) is 76.5 Å². The molecule has 0 saturated heterocycles. The molecule has 0 aliphatic rings. The second-order valence-corrected chi connectivity index (χ2v) is 14.8. The van der Waals surface area contributed by atoms with Crippen molar-refractivity contribution in [1.82, 2.24) is 4.98 Å². The van der Waals surface area contributed by atoms with Gasteiger partial charge in [0.15, 0.2) is 5.58 Å². The van der Waals surface area contributed by atoms with Crippen LogP contribution in [-0.2, 0) is 0 Å². The van der Waals surface area contributed by atoms with Crippen molar-refractivity contribution in [2.45, 2.75) is 0 Å². The summed E-state index contributed by atoms with van der Waals surface area (Å²) in [6.45, 7) is 0. The van der Waals surface area contributed by atoms with E-state index in [1.807, 2.05) is 109 Å². The van der Waals surface area contributed by atoms with Crippen LogP contribution in [0.5, 0.6) is 0 Å². The first-order valence-corrected chi connectivity index (χ1v) is 19.4. The van der Waals surface area contributed by atoms with Crippen molar-refractivity contribution in [2.24, 2.45) is 0 Å². The fourth-order valence-corrected chi connectivity index (χ4v) is 8.56. The second-order valence-electron chi connectivity index (χ2n) is 14.8. The Morgan fingerprint density at radius 3 is 1.25 bits per heavy atom. The number of benzene rings is 7. The Labute approximate surface area is 334 Å². The molecular weight excluding hydrogens is 735 g/mol. The maximum atomic E-state index is 6.70. The van der Waals surface area contributed by atoms with Gasteiger partial charge in [-0.25, -0.2) is 4.98 Å². The normalized spacial score (nSPS) is 12.1. The van der Waals surface area contributed by atoms with Crippen LogP contribution >= 0.6 is 0 Å². The summed E-state index contributed by atoms with van der Waals surface area (Å²) in [6, 6.07) is 57.0. The van der Waals surface area contributed by atoms with Crippen molar-refractivity contribution in [3.8, 4) is 0 Å². The molecule has 278 valence electrons. The lowest BCUT2D eigenvalue weighted by Gasteiger charge is -2.22. The Bertz CT molecular complexity index is 3480. The van der Waals surface area contributed by atoms with Gasteiger partial charge in [0.1, 0.15) is 44.6 Å². The van der Waals surface area contributed by atoms with Gasteiger partial charge in [0.25, 0.3) is 0 Å². The number of fused-ring (bicyclic) bond motifs is 11. The van der Waals surface area contributed by atoms with E-state index in [-0.39, 0.29) is 0 Å². The number of para-hydroxylation sites is 4. The van der Waals surface area contributed by atoms with Gasteiger partial charge in [-0.1, -0.05) is 72.8 Å². The fraction of sp³-hybridized carbons (Fsp3) is 0. The van der Waals surface area contributed by atoms with E-state index in [0.717, 1.165) is 99.5 Å². The van der Waals surface area contributed by atoms with Crippen LogP contribution in [0.3, 0.4) is 0 Å². The van der Waals surface area contributed by atoms with Gasteiger partial charge in [0.2, 0.25) is 11.8 Å². The summed E-state index contributed by atoms with van der Waals surface area (Å²) in [5.41, 5.74) is 10.3. The van der Waals surface area contributed by atoms with Gasteiger partial charge in [0, 0.05) is 74.1 Å². The van der Waals surface area contributed by atoms with E-state index in [1.54, 1.807) is 0 Å². The summed E-state index contributed by atoms with van der Waals surface area (Å²) < 4.78 is 32.3. The first-order valence-electron chi connectivity index (χ1n) is 19.4. The number of furan rings is 5. The minimum Gasteiger partial charge on any atom is -0.456 e. The molecule has 13 rings (SSSR count). The van der Waals surface area contributed by atoms with E-state index in [4.69, 9.17) is 27.1 Å². The topological polar surface area (TPSA) is 85.1 Å². The maximum Gasteiger partial charge on any atom is 0.205 e. The molecular formula is C51H29N3O5. The Morgan fingerprint density at radius 2 is 0.712 bits per heavy atom. The predicted molar refractivity (Wildman–Crippen MR) is 235 cm³/mol. The third kappa shape index (κ3) is 4.93. The molecule has 6 heterocycles. The van der Waals surface area contributed by atoms with Crippen molar-refractivity contribution < 1.29 is 22.1 Å². The SMILES string of the molecule is c1ccc2oc(N(c3ccc4c(c3)oc3ccccc34)c3ccc4c(c3)oc3cc(N(c5ccc6c(c5)oc5ccccc56)c5cc6ccccc6o5)cnc34)cc2c1. The third-order valence-corrected chi connectivity index (χ3v) is 11.3. The van der Waals surface area contributed by atoms with Gasteiger partial charge in [-0.3, -0.25) is 9.80 Å². The monoisotopic (exact) mass is 763 g/mol. The van der Waals surface area contributed by atoms with Crippen molar-refractivity contribution in [3.05, 3.63) is 176 Å². The van der Waals surface area contributed by atoms with Crippen LogP contribution in [0.15, 0.2) is 198 Å². The molecule has 0 unspecified atom stereocenters. The molecule has 0 N–H and O–H groups in total. The summed E-state index contributed by atoms with van der Waals surface area (Å²) in [5, 5.41) is 7.15. The smallest absolute Gasteiger partial charge is 0.205 e. The van der Waals surface area contributed by atoms with Crippen LogP contribution in [0.1, 0.15) is 0 Å². The van der Waals surface area contributed by atoms with Crippen LogP contribution in [-0.4, -0.2) is 4.98 Å². The molecule has 0 saturated carbocycles. The highest BCUT2D eigenvalue weighted by Crippen LogP contribution is 2.45. The molecule has 59 heavy (non-hydrogen) atoms. The molecule has 0 fully saturated rings. The number of hydrogen-bond acceptors (Lipinski definition) is 8. The lowest BCUT2D eigenvalue weighted by molar-refractivity contribution is 0.620. The Morgan fingerprint density at radius 1 is 0.305 bits per heavy atom.